The number of nitrogens with one attached hydrogen (secondary N) is 1. The lowest BCUT2D eigenvalue weighted by atomic mass is 10.1. The molecule has 0 aliphatic heterocycles. The summed E-state index contributed by atoms with van der Waals surface area (Å²) in [5, 5.41) is 17.3. The molecule has 1 aromatic carbocycles. The number of nitrogens with zero attached hydrogens (tertiary/aromatic N) is 1. The minimum atomic E-state index is -0.710. The molecule has 3 aromatic rings. The maximum absolute atomic E-state index is 12.3. The Labute approximate surface area is 155 Å². The van der Waals surface area contributed by atoms with Gasteiger partial charge in [0.25, 0.3) is 5.91 Å². The molecular formula is C19H20N2O2S2. The minimum Gasteiger partial charge on any atom is -0.386 e. The molecule has 130 valence electrons. The predicted molar refractivity (Wildman–Crippen MR) is 106 cm³/mol. The molecule has 2 heterocycles. The third-order valence-corrected chi connectivity index (χ3v) is 5.76. The van der Waals surface area contributed by atoms with Crippen LogP contribution in [-0.4, -0.2) is 31.7 Å². The van der Waals surface area contributed by atoms with E-state index >= 15 is 0 Å². The van der Waals surface area contributed by atoms with Crippen LogP contribution in [0.2, 0.25) is 0 Å². The summed E-state index contributed by atoms with van der Waals surface area (Å²) in [6.45, 7) is 0.189. The van der Waals surface area contributed by atoms with Gasteiger partial charge in [-0.15, -0.1) is 11.3 Å². The highest BCUT2D eigenvalue weighted by Gasteiger charge is 2.14. The van der Waals surface area contributed by atoms with Crippen LogP contribution in [0.3, 0.4) is 0 Å². The molecule has 0 bridgehead atoms. The van der Waals surface area contributed by atoms with Crippen molar-refractivity contribution in [2.45, 2.75) is 6.10 Å². The standard InChI is InChI=1S/C19H20N2O2S2/c1-21(2)15-5-3-4-13(10-15)19(23)20-11-16(22)18-7-6-17(25-18)14-8-9-24-12-14/h3-10,12,16,22H,11H2,1-2H3,(H,20,23). The van der Waals surface area contributed by atoms with Gasteiger partial charge < -0.3 is 15.3 Å². The number of hydrogen-bond donors (Lipinski definition) is 2. The van der Waals surface area contributed by atoms with E-state index in [-0.39, 0.29) is 12.5 Å². The second-order valence-electron chi connectivity index (χ2n) is 5.88. The number of carbonyl (C=O) groups excluding carboxylic acids is 1. The van der Waals surface area contributed by atoms with Crippen LogP contribution >= 0.6 is 22.7 Å². The highest BCUT2D eigenvalue weighted by atomic mass is 32.1. The van der Waals surface area contributed by atoms with Crippen LogP contribution in [0, 0.1) is 0 Å². The normalized spacial score (nSPS) is 12.0. The fraction of sp³-hybridized carbons (Fsp3) is 0.211. The van der Waals surface area contributed by atoms with Gasteiger partial charge >= 0.3 is 0 Å². The highest BCUT2D eigenvalue weighted by Crippen LogP contribution is 2.32. The van der Waals surface area contributed by atoms with Crippen LogP contribution in [-0.2, 0) is 0 Å². The second-order valence-corrected chi connectivity index (χ2v) is 7.78. The molecule has 0 saturated carbocycles. The SMILES string of the molecule is CN(C)c1cccc(C(=O)NCC(O)c2ccc(-c3ccsc3)s2)c1. The molecule has 0 fully saturated rings. The molecule has 2 N–H and O–H groups in total. The zero-order chi connectivity index (χ0) is 17.8. The summed E-state index contributed by atoms with van der Waals surface area (Å²) >= 11 is 3.20. The molecule has 6 heteroatoms. The molecule has 0 aliphatic carbocycles. The Morgan fingerprint density at radius 1 is 1.24 bits per heavy atom. The third kappa shape index (κ3) is 4.28. The van der Waals surface area contributed by atoms with Gasteiger partial charge in [0, 0.05) is 47.2 Å². The summed E-state index contributed by atoms with van der Waals surface area (Å²) in [6.07, 6.45) is -0.710. The molecular weight excluding hydrogens is 352 g/mol. The largest absolute Gasteiger partial charge is 0.386 e. The van der Waals surface area contributed by atoms with Gasteiger partial charge in [-0.2, -0.15) is 11.3 Å². The Morgan fingerprint density at radius 3 is 2.80 bits per heavy atom. The second kappa shape index (κ2) is 7.82. The van der Waals surface area contributed by atoms with Crippen molar-refractivity contribution in [3.63, 3.8) is 0 Å². The molecule has 1 atom stereocenters. The van der Waals surface area contributed by atoms with E-state index in [0.717, 1.165) is 21.0 Å². The number of hydrogen-bond acceptors (Lipinski definition) is 5. The number of aliphatic hydroxyl groups is 1. The summed E-state index contributed by atoms with van der Waals surface area (Å²) in [6, 6.07) is 13.4. The van der Waals surface area contributed by atoms with Crippen molar-refractivity contribution in [1.82, 2.24) is 5.32 Å². The molecule has 0 aliphatic rings. The lowest BCUT2D eigenvalue weighted by molar-refractivity contribution is 0.0918. The summed E-state index contributed by atoms with van der Waals surface area (Å²) in [7, 11) is 3.87. The van der Waals surface area contributed by atoms with Gasteiger partial charge in [-0.25, -0.2) is 0 Å². The van der Waals surface area contributed by atoms with Crippen LogP contribution in [0.1, 0.15) is 21.3 Å². The molecule has 0 saturated heterocycles. The number of anilines is 1. The van der Waals surface area contributed by atoms with Crippen LogP contribution in [0.4, 0.5) is 5.69 Å². The smallest absolute Gasteiger partial charge is 0.251 e. The van der Waals surface area contributed by atoms with Crippen LogP contribution < -0.4 is 10.2 Å². The monoisotopic (exact) mass is 372 g/mol. The predicted octanol–water partition coefficient (Wildman–Crippen LogP) is 4.01. The van der Waals surface area contributed by atoms with Gasteiger partial charge in [-0.05, 0) is 47.2 Å². The number of thiophene rings is 2. The van der Waals surface area contributed by atoms with Crippen molar-refractivity contribution in [2.75, 3.05) is 25.5 Å². The number of benzene rings is 1. The van der Waals surface area contributed by atoms with Crippen molar-refractivity contribution < 1.29 is 9.90 Å². The van der Waals surface area contributed by atoms with E-state index in [1.165, 1.54) is 0 Å². The fourth-order valence-electron chi connectivity index (χ4n) is 2.41. The van der Waals surface area contributed by atoms with Crippen LogP contribution in [0.15, 0.2) is 53.2 Å². The van der Waals surface area contributed by atoms with Crippen molar-refractivity contribution in [1.29, 1.82) is 0 Å². The highest BCUT2D eigenvalue weighted by molar-refractivity contribution is 7.16. The van der Waals surface area contributed by atoms with E-state index in [4.69, 9.17) is 0 Å². The van der Waals surface area contributed by atoms with Crippen molar-refractivity contribution >= 4 is 34.3 Å². The first-order valence-corrected chi connectivity index (χ1v) is 9.66. The van der Waals surface area contributed by atoms with E-state index in [1.807, 2.05) is 54.7 Å². The molecule has 2 aromatic heterocycles. The molecule has 1 unspecified atom stereocenters. The Kier molecular flexibility index (Phi) is 5.53. The lowest BCUT2D eigenvalue weighted by Gasteiger charge is -2.14. The van der Waals surface area contributed by atoms with Crippen molar-refractivity contribution in [3.05, 3.63) is 63.7 Å². The Morgan fingerprint density at radius 2 is 2.08 bits per heavy atom. The molecule has 0 radical (unpaired) electrons. The average molecular weight is 373 g/mol. The van der Waals surface area contributed by atoms with Crippen molar-refractivity contribution in [2.24, 2.45) is 0 Å². The molecule has 3 rings (SSSR count). The van der Waals surface area contributed by atoms with Gasteiger partial charge in [0.15, 0.2) is 0 Å². The van der Waals surface area contributed by atoms with E-state index in [9.17, 15) is 9.90 Å². The van der Waals surface area contributed by atoms with Gasteiger partial charge in [0.2, 0.25) is 0 Å². The molecule has 4 nitrogen and oxygen atoms in total. The summed E-state index contributed by atoms with van der Waals surface area (Å²) in [5.41, 5.74) is 2.72. The Bertz CT molecular complexity index is 841. The van der Waals surface area contributed by atoms with E-state index < -0.39 is 6.10 Å². The Balaban J connectivity index is 1.61. The topological polar surface area (TPSA) is 52.6 Å². The number of rotatable bonds is 6. The Hall–Kier alpha value is -2.15. The van der Waals surface area contributed by atoms with E-state index in [1.54, 1.807) is 28.7 Å². The number of aliphatic hydroxyl groups excluding tert-OH is 1. The molecule has 1 amide bonds. The summed E-state index contributed by atoms with van der Waals surface area (Å²) in [4.78, 5) is 16.2. The van der Waals surface area contributed by atoms with Gasteiger partial charge in [-0.1, -0.05) is 6.07 Å². The zero-order valence-electron chi connectivity index (χ0n) is 14.1. The van der Waals surface area contributed by atoms with E-state index in [2.05, 4.69) is 16.8 Å². The third-order valence-electron chi connectivity index (χ3n) is 3.84. The average Bonchev–Trinajstić information content (AvgIpc) is 3.30. The fourth-order valence-corrected chi connectivity index (χ4v) is 4.13. The van der Waals surface area contributed by atoms with Crippen molar-refractivity contribution in [3.8, 4) is 10.4 Å². The summed E-state index contributed by atoms with van der Waals surface area (Å²) < 4.78 is 0. The maximum Gasteiger partial charge on any atom is 0.251 e. The first-order valence-electron chi connectivity index (χ1n) is 7.90. The molecule has 25 heavy (non-hydrogen) atoms. The zero-order valence-corrected chi connectivity index (χ0v) is 15.7. The van der Waals surface area contributed by atoms with Crippen LogP contribution in [0.5, 0.6) is 0 Å². The summed E-state index contributed by atoms with van der Waals surface area (Å²) in [5.74, 6) is -0.183. The minimum absolute atomic E-state index is 0.183. The first kappa shape index (κ1) is 17.7. The maximum atomic E-state index is 12.3. The lowest BCUT2D eigenvalue weighted by Crippen LogP contribution is -2.28. The quantitative estimate of drug-likeness (QED) is 0.687. The van der Waals surface area contributed by atoms with E-state index in [0.29, 0.717) is 5.56 Å². The first-order chi connectivity index (χ1) is 12.0. The molecule has 0 spiro atoms. The number of amides is 1. The van der Waals surface area contributed by atoms with Gasteiger partial charge in [0.05, 0.1) is 0 Å². The number of carbonyl (C=O) groups is 1. The van der Waals surface area contributed by atoms with Crippen LogP contribution in [0.25, 0.3) is 10.4 Å². The van der Waals surface area contributed by atoms with Gasteiger partial charge in [-0.3, -0.25) is 4.79 Å². The van der Waals surface area contributed by atoms with Gasteiger partial charge in [0.1, 0.15) is 6.10 Å².